The molecule has 0 aliphatic carbocycles. The molecule has 0 heterocycles. The third-order valence-electron chi connectivity index (χ3n) is 2.81. The molecule has 0 radical (unpaired) electrons. The van der Waals surface area contributed by atoms with Crippen LogP contribution < -0.4 is 5.32 Å². The zero-order chi connectivity index (χ0) is 12.1. The van der Waals surface area contributed by atoms with Crippen LogP contribution in [0.2, 0.25) is 0 Å². The summed E-state index contributed by atoms with van der Waals surface area (Å²) in [6.07, 6.45) is 1.80. The molecule has 0 aliphatic rings. The van der Waals surface area contributed by atoms with Crippen LogP contribution >= 0.6 is 0 Å². The van der Waals surface area contributed by atoms with E-state index < -0.39 is 0 Å². The first kappa shape index (κ1) is 12.9. The number of nitrogens with one attached hydrogen (secondary N) is 1. The molecule has 0 bridgehead atoms. The second-order valence-corrected chi connectivity index (χ2v) is 4.32. The third kappa shape index (κ3) is 3.17. The molecular formula is C14H20FN. The fourth-order valence-electron chi connectivity index (χ4n) is 1.79. The van der Waals surface area contributed by atoms with Gasteiger partial charge in [0.2, 0.25) is 0 Å². The van der Waals surface area contributed by atoms with E-state index in [2.05, 4.69) is 11.9 Å². The van der Waals surface area contributed by atoms with E-state index in [4.69, 9.17) is 0 Å². The molecule has 0 aliphatic heterocycles. The highest BCUT2D eigenvalue weighted by Crippen LogP contribution is 2.24. The maximum Gasteiger partial charge on any atom is 0.130 e. The molecule has 1 nitrogen and oxygen atoms in total. The Bertz CT molecular complexity index is 371. The summed E-state index contributed by atoms with van der Waals surface area (Å²) in [4.78, 5) is 0. The van der Waals surface area contributed by atoms with Gasteiger partial charge in [-0.3, -0.25) is 0 Å². The predicted octanol–water partition coefficient (Wildman–Crippen LogP) is 3.75. The zero-order valence-corrected chi connectivity index (χ0v) is 10.3. The summed E-state index contributed by atoms with van der Waals surface area (Å²) < 4.78 is 13.9. The van der Waals surface area contributed by atoms with Gasteiger partial charge in [-0.1, -0.05) is 23.8 Å². The maximum absolute atomic E-state index is 13.9. The van der Waals surface area contributed by atoms with E-state index in [9.17, 15) is 4.39 Å². The Morgan fingerprint density at radius 1 is 1.50 bits per heavy atom. The highest BCUT2D eigenvalue weighted by molar-refractivity contribution is 5.27. The Kier molecular flexibility index (Phi) is 4.69. The largest absolute Gasteiger partial charge is 0.313 e. The summed E-state index contributed by atoms with van der Waals surface area (Å²) in [7, 11) is 1.87. The molecule has 0 saturated carbocycles. The van der Waals surface area contributed by atoms with E-state index in [1.54, 1.807) is 13.0 Å². The van der Waals surface area contributed by atoms with E-state index in [-0.39, 0.29) is 11.9 Å². The first-order valence-electron chi connectivity index (χ1n) is 5.63. The molecule has 88 valence electrons. The van der Waals surface area contributed by atoms with Crippen molar-refractivity contribution in [3.05, 3.63) is 47.3 Å². The average Bonchev–Trinajstić information content (AvgIpc) is 2.24. The van der Waals surface area contributed by atoms with Crippen molar-refractivity contribution in [3.63, 3.8) is 0 Å². The van der Waals surface area contributed by atoms with Crippen LogP contribution in [-0.2, 0) is 0 Å². The van der Waals surface area contributed by atoms with Crippen molar-refractivity contribution in [2.24, 2.45) is 0 Å². The highest BCUT2D eigenvalue weighted by Gasteiger charge is 2.14. The monoisotopic (exact) mass is 221 g/mol. The van der Waals surface area contributed by atoms with E-state index in [0.29, 0.717) is 5.56 Å². The zero-order valence-electron chi connectivity index (χ0n) is 10.3. The third-order valence-corrected chi connectivity index (χ3v) is 2.81. The van der Waals surface area contributed by atoms with Crippen LogP contribution in [0.1, 0.15) is 36.9 Å². The molecule has 1 atom stereocenters. The topological polar surface area (TPSA) is 12.0 Å². The van der Waals surface area contributed by atoms with Gasteiger partial charge < -0.3 is 5.32 Å². The van der Waals surface area contributed by atoms with Crippen molar-refractivity contribution in [2.75, 3.05) is 7.05 Å². The van der Waals surface area contributed by atoms with Gasteiger partial charge in [0.1, 0.15) is 5.82 Å². The van der Waals surface area contributed by atoms with Gasteiger partial charge in [0.15, 0.2) is 0 Å². The molecule has 1 aromatic rings. The summed E-state index contributed by atoms with van der Waals surface area (Å²) >= 11 is 0. The van der Waals surface area contributed by atoms with Gasteiger partial charge in [-0.15, -0.1) is 6.58 Å². The van der Waals surface area contributed by atoms with Gasteiger partial charge in [0.05, 0.1) is 0 Å². The van der Waals surface area contributed by atoms with Gasteiger partial charge in [-0.25, -0.2) is 4.39 Å². The lowest BCUT2D eigenvalue weighted by Crippen LogP contribution is -2.18. The summed E-state index contributed by atoms with van der Waals surface area (Å²) in [5.41, 5.74) is 2.59. The van der Waals surface area contributed by atoms with Gasteiger partial charge in [0.25, 0.3) is 0 Å². The lowest BCUT2D eigenvalue weighted by Gasteiger charge is -2.18. The van der Waals surface area contributed by atoms with Crippen molar-refractivity contribution in [1.29, 1.82) is 0 Å². The molecule has 1 aromatic carbocycles. The maximum atomic E-state index is 13.9. The quantitative estimate of drug-likeness (QED) is 0.747. The van der Waals surface area contributed by atoms with Crippen molar-refractivity contribution >= 4 is 0 Å². The Labute approximate surface area is 97.4 Å². The molecule has 1 N–H and O–H groups in total. The molecule has 1 rings (SSSR count). The molecule has 0 amide bonds. The second-order valence-electron chi connectivity index (χ2n) is 4.32. The van der Waals surface area contributed by atoms with Gasteiger partial charge >= 0.3 is 0 Å². The standard InChI is InChI=1S/C14H20FN/c1-10(2)8-9-13(16-4)12-7-5-6-11(3)14(12)15/h5-7,13,16H,1,8-9H2,2-4H3. The predicted molar refractivity (Wildman–Crippen MR) is 67.0 cm³/mol. The smallest absolute Gasteiger partial charge is 0.130 e. The first-order chi connectivity index (χ1) is 7.56. The van der Waals surface area contributed by atoms with E-state index in [0.717, 1.165) is 24.0 Å². The van der Waals surface area contributed by atoms with Crippen LogP contribution in [0.15, 0.2) is 30.4 Å². The van der Waals surface area contributed by atoms with Gasteiger partial charge in [0, 0.05) is 11.6 Å². The van der Waals surface area contributed by atoms with Crippen LogP contribution in [0, 0.1) is 12.7 Å². The average molecular weight is 221 g/mol. The SMILES string of the molecule is C=C(C)CCC(NC)c1cccc(C)c1F. The lowest BCUT2D eigenvalue weighted by atomic mass is 9.98. The molecule has 16 heavy (non-hydrogen) atoms. The second kappa shape index (κ2) is 5.80. The van der Waals surface area contributed by atoms with E-state index in [1.165, 1.54) is 0 Å². The van der Waals surface area contributed by atoms with Crippen molar-refractivity contribution in [3.8, 4) is 0 Å². The van der Waals surface area contributed by atoms with Crippen molar-refractivity contribution in [1.82, 2.24) is 5.32 Å². The highest BCUT2D eigenvalue weighted by atomic mass is 19.1. The summed E-state index contributed by atoms with van der Waals surface area (Å²) in [5.74, 6) is -0.0939. The van der Waals surface area contributed by atoms with E-state index >= 15 is 0 Å². The number of benzene rings is 1. The molecule has 0 fully saturated rings. The molecular weight excluding hydrogens is 201 g/mol. The van der Waals surface area contributed by atoms with Crippen molar-refractivity contribution < 1.29 is 4.39 Å². The Hall–Kier alpha value is -1.15. The Morgan fingerprint density at radius 3 is 2.75 bits per heavy atom. The van der Waals surface area contributed by atoms with Crippen LogP contribution in [-0.4, -0.2) is 7.05 Å². The summed E-state index contributed by atoms with van der Waals surface area (Å²) in [5, 5.41) is 3.16. The molecule has 0 spiro atoms. The number of rotatable bonds is 5. The minimum absolute atomic E-state index is 0.0663. The molecule has 2 heteroatoms. The Balaban J connectivity index is 2.86. The van der Waals surface area contributed by atoms with Crippen molar-refractivity contribution in [2.45, 2.75) is 32.7 Å². The molecule has 1 unspecified atom stereocenters. The number of allylic oxidation sites excluding steroid dienone is 1. The minimum atomic E-state index is -0.0939. The normalized spacial score (nSPS) is 12.5. The van der Waals surface area contributed by atoms with E-state index in [1.807, 2.05) is 26.1 Å². The number of halogens is 1. The number of aryl methyl sites for hydroxylation is 1. The van der Waals surface area contributed by atoms with Crippen LogP contribution in [0.3, 0.4) is 0 Å². The number of hydrogen-bond donors (Lipinski definition) is 1. The summed E-state index contributed by atoms with van der Waals surface area (Å²) in [6.45, 7) is 7.67. The van der Waals surface area contributed by atoms with Gasteiger partial charge in [-0.2, -0.15) is 0 Å². The summed E-state index contributed by atoms with van der Waals surface area (Å²) in [6, 6.07) is 5.61. The van der Waals surface area contributed by atoms with Gasteiger partial charge in [-0.05, 0) is 39.3 Å². The number of hydrogen-bond acceptors (Lipinski definition) is 1. The van der Waals surface area contributed by atoms with Crippen LogP contribution in [0.25, 0.3) is 0 Å². The fraction of sp³-hybridized carbons (Fsp3) is 0.429. The Morgan fingerprint density at radius 2 is 2.19 bits per heavy atom. The molecule has 0 saturated heterocycles. The lowest BCUT2D eigenvalue weighted by molar-refractivity contribution is 0.505. The fourth-order valence-corrected chi connectivity index (χ4v) is 1.79. The minimum Gasteiger partial charge on any atom is -0.313 e. The van der Waals surface area contributed by atoms with Crippen LogP contribution in [0.5, 0.6) is 0 Å². The first-order valence-corrected chi connectivity index (χ1v) is 5.63. The molecule has 0 aromatic heterocycles. The van der Waals surface area contributed by atoms with Crippen LogP contribution in [0.4, 0.5) is 4.39 Å².